The van der Waals surface area contributed by atoms with E-state index in [9.17, 15) is 4.79 Å². The van der Waals surface area contributed by atoms with Crippen molar-refractivity contribution in [1.29, 1.82) is 0 Å². The van der Waals surface area contributed by atoms with Gasteiger partial charge in [0, 0.05) is 0 Å². The van der Waals surface area contributed by atoms with Crippen LogP contribution in [-0.4, -0.2) is 12.5 Å². The quantitative estimate of drug-likeness (QED) is 0.876. The highest BCUT2D eigenvalue weighted by molar-refractivity contribution is 5.78. The number of carbonyl (C=O) groups is 1. The Bertz CT molecular complexity index is 767. The third kappa shape index (κ3) is 4.41. The molecule has 1 aliphatic rings. The molecular formula is C22H27NO2. The summed E-state index contributed by atoms with van der Waals surface area (Å²) in [6, 6.07) is 12.5. The maximum Gasteiger partial charge on any atom is 0.258 e. The van der Waals surface area contributed by atoms with E-state index in [0.29, 0.717) is 0 Å². The molecule has 0 radical (unpaired) electrons. The zero-order valence-corrected chi connectivity index (χ0v) is 15.4. The molecule has 1 amide bonds. The second-order valence-corrected chi connectivity index (χ2v) is 7.06. The van der Waals surface area contributed by atoms with Gasteiger partial charge in [-0.25, -0.2) is 0 Å². The van der Waals surface area contributed by atoms with Gasteiger partial charge in [-0.3, -0.25) is 4.79 Å². The molecule has 0 aliphatic heterocycles. The highest BCUT2D eigenvalue weighted by Crippen LogP contribution is 2.24. The van der Waals surface area contributed by atoms with E-state index in [1.165, 1.54) is 47.1 Å². The number of aryl methyl sites for hydroxylation is 4. The third-order valence-corrected chi connectivity index (χ3v) is 5.10. The van der Waals surface area contributed by atoms with E-state index in [2.05, 4.69) is 30.4 Å². The Morgan fingerprint density at radius 1 is 1.04 bits per heavy atom. The van der Waals surface area contributed by atoms with Crippen LogP contribution in [0.4, 0.5) is 0 Å². The standard InChI is InChI=1S/C22H27NO2/c1-15-8-11-21(12-16(15)2)25-14-22(24)23-17(3)19-10-9-18-6-4-5-7-20(18)13-19/h8-13,17H,4-7,14H2,1-3H3,(H,23,24)/t17-/m1/s1. The first-order valence-electron chi connectivity index (χ1n) is 9.14. The summed E-state index contributed by atoms with van der Waals surface area (Å²) in [7, 11) is 0. The summed E-state index contributed by atoms with van der Waals surface area (Å²) in [5, 5.41) is 3.04. The van der Waals surface area contributed by atoms with Gasteiger partial charge >= 0.3 is 0 Å². The van der Waals surface area contributed by atoms with Gasteiger partial charge in [0.15, 0.2) is 6.61 Å². The van der Waals surface area contributed by atoms with Gasteiger partial charge in [-0.1, -0.05) is 24.3 Å². The van der Waals surface area contributed by atoms with Crippen molar-refractivity contribution in [2.75, 3.05) is 6.61 Å². The van der Waals surface area contributed by atoms with E-state index in [1.54, 1.807) is 0 Å². The molecule has 3 rings (SSSR count). The van der Waals surface area contributed by atoms with Crippen LogP contribution in [0.25, 0.3) is 0 Å². The van der Waals surface area contributed by atoms with Gasteiger partial charge in [-0.05, 0) is 86.4 Å². The highest BCUT2D eigenvalue weighted by Gasteiger charge is 2.14. The normalized spacial score (nSPS) is 14.5. The summed E-state index contributed by atoms with van der Waals surface area (Å²) in [5.74, 6) is 0.642. The average Bonchev–Trinajstić information content (AvgIpc) is 2.62. The van der Waals surface area contributed by atoms with E-state index in [1.807, 2.05) is 32.0 Å². The Balaban J connectivity index is 1.56. The van der Waals surface area contributed by atoms with Crippen molar-refractivity contribution in [3.8, 4) is 5.75 Å². The van der Waals surface area contributed by atoms with Crippen molar-refractivity contribution < 1.29 is 9.53 Å². The van der Waals surface area contributed by atoms with Gasteiger partial charge in [0.05, 0.1) is 6.04 Å². The molecule has 0 spiro atoms. The van der Waals surface area contributed by atoms with Crippen molar-refractivity contribution in [1.82, 2.24) is 5.32 Å². The Morgan fingerprint density at radius 2 is 1.80 bits per heavy atom. The second kappa shape index (κ2) is 7.73. The number of amides is 1. The number of hydrogen-bond donors (Lipinski definition) is 1. The van der Waals surface area contributed by atoms with Gasteiger partial charge < -0.3 is 10.1 Å². The van der Waals surface area contributed by atoms with Crippen LogP contribution in [0.5, 0.6) is 5.75 Å². The van der Waals surface area contributed by atoms with Crippen LogP contribution in [0, 0.1) is 13.8 Å². The Kier molecular flexibility index (Phi) is 5.42. The van der Waals surface area contributed by atoms with Crippen LogP contribution in [-0.2, 0) is 17.6 Å². The average molecular weight is 337 g/mol. The van der Waals surface area contributed by atoms with Gasteiger partial charge in [0.2, 0.25) is 0 Å². The van der Waals surface area contributed by atoms with E-state index in [0.717, 1.165) is 12.2 Å². The maximum atomic E-state index is 12.2. The van der Waals surface area contributed by atoms with Crippen LogP contribution in [0.1, 0.15) is 53.6 Å². The predicted molar refractivity (Wildman–Crippen MR) is 101 cm³/mol. The van der Waals surface area contributed by atoms with Crippen LogP contribution < -0.4 is 10.1 Å². The summed E-state index contributed by atoms with van der Waals surface area (Å²) in [5.41, 5.74) is 6.46. The van der Waals surface area contributed by atoms with Crippen LogP contribution in [0.15, 0.2) is 36.4 Å². The second-order valence-electron chi connectivity index (χ2n) is 7.06. The van der Waals surface area contributed by atoms with Gasteiger partial charge in [-0.15, -0.1) is 0 Å². The molecule has 0 saturated carbocycles. The molecule has 132 valence electrons. The first-order valence-corrected chi connectivity index (χ1v) is 9.14. The lowest BCUT2D eigenvalue weighted by Crippen LogP contribution is -2.31. The zero-order chi connectivity index (χ0) is 17.8. The number of carbonyl (C=O) groups excluding carboxylic acids is 1. The summed E-state index contributed by atoms with van der Waals surface area (Å²) in [6.07, 6.45) is 4.88. The van der Waals surface area contributed by atoms with Crippen molar-refractivity contribution >= 4 is 5.91 Å². The molecular weight excluding hydrogens is 310 g/mol. The lowest BCUT2D eigenvalue weighted by Gasteiger charge is -2.20. The van der Waals surface area contributed by atoms with Crippen molar-refractivity contribution in [2.45, 2.75) is 52.5 Å². The first kappa shape index (κ1) is 17.5. The number of rotatable bonds is 5. The predicted octanol–water partition coefficient (Wildman–Crippen LogP) is 4.44. The van der Waals surface area contributed by atoms with Gasteiger partial charge in [0.25, 0.3) is 5.91 Å². The molecule has 1 N–H and O–H groups in total. The fourth-order valence-corrected chi connectivity index (χ4v) is 3.34. The van der Waals surface area contributed by atoms with Crippen molar-refractivity contribution in [3.05, 3.63) is 64.2 Å². The molecule has 0 fully saturated rings. The van der Waals surface area contributed by atoms with E-state index in [-0.39, 0.29) is 18.6 Å². The highest BCUT2D eigenvalue weighted by atomic mass is 16.5. The lowest BCUT2D eigenvalue weighted by atomic mass is 9.89. The molecule has 2 aromatic rings. The number of fused-ring (bicyclic) bond motifs is 1. The van der Waals surface area contributed by atoms with Gasteiger partial charge in [0.1, 0.15) is 5.75 Å². The Labute approximate surface area is 150 Å². The first-order chi connectivity index (χ1) is 12.0. The molecule has 3 heteroatoms. The maximum absolute atomic E-state index is 12.2. The van der Waals surface area contributed by atoms with E-state index >= 15 is 0 Å². The van der Waals surface area contributed by atoms with Crippen molar-refractivity contribution in [3.63, 3.8) is 0 Å². The van der Waals surface area contributed by atoms with Gasteiger partial charge in [-0.2, -0.15) is 0 Å². The molecule has 0 unspecified atom stereocenters. The minimum atomic E-state index is -0.0940. The fourth-order valence-electron chi connectivity index (χ4n) is 3.34. The Hall–Kier alpha value is -2.29. The van der Waals surface area contributed by atoms with Crippen LogP contribution in [0.3, 0.4) is 0 Å². The molecule has 1 atom stereocenters. The fraction of sp³-hybridized carbons (Fsp3) is 0.409. The third-order valence-electron chi connectivity index (χ3n) is 5.10. The molecule has 0 heterocycles. The minimum absolute atomic E-state index is 0.0110. The van der Waals surface area contributed by atoms with Crippen LogP contribution >= 0.6 is 0 Å². The zero-order valence-electron chi connectivity index (χ0n) is 15.4. The SMILES string of the molecule is Cc1ccc(OCC(=O)N[C@H](C)c2ccc3c(c2)CCCC3)cc1C. The largest absolute Gasteiger partial charge is 0.484 e. The number of ether oxygens (including phenoxy) is 1. The molecule has 0 bridgehead atoms. The van der Waals surface area contributed by atoms with E-state index in [4.69, 9.17) is 4.74 Å². The minimum Gasteiger partial charge on any atom is -0.484 e. The summed E-state index contributed by atoms with van der Waals surface area (Å²) >= 11 is 0. The van der Waals surface area contributed by atoms with E-state index < -0.39 is 0 Å². The summed E-state index contributed by atoms with van der Waals surface area (Å²) in [4.78, 5) is 12.2. The summed E-state index contributed by atoms with van der Waals surface area (Å²) < 4.78 is 5.62. The molecule has 1 aliphatic carbocycles. The molecule has 0 saturated heterocycles. The molecule has 25 heavy (non-hydrogen) atoms. The topological polar surface area (TPSA) is 38.3 Å². The number of hydrogen-bond acceptors (Lipinski definition) is 2. The number of nitrogens with one attached hydrogen (secondary N) is 1. The number of benzene rings is 2. The van der Waals surface area contributed by atoms with Crippen molar-refractivity contribution in [2.24, 2.45) is 0 Å². The molecule has 0 aromatic heterocycles. The van der Waals surface area contributed by atoms with Crippen LogP contribution in [0.2, 0.25) is 0 Å². The summed E-state index contributed by atoms with van der Waals surface area (Å²) in [6.45, 7) is 6.17. The Morgan fingerprint density at radius 3 is 2.56 bits per heavy atom. The smallest absolute Gasteiger partial charge is 0.258 e. The monoisotopic (exact) mass is 337 g/mol. The molecule has 2 aromatic carbocycles. The lowest BCUT2D eigenvalue weighted by molar-refractivity contribution is -0.123. The molecule has 3 nitrogen and oxygen atoms in total.